The van der Waals surface area contributed by atoms with Crippen LogP contribution in [0.2, 0.25) is 0 Å². The average Bonchev–Trinajstić information content (AvgIpc) is 2.52. The standard InChI is InChI=1S/C17H26N2O3/c1-13(2)21-11-9-18-17(20)19-15-8-10-22-16(12-15)14-6-4-3-5-7-14/h3-7,13,15-16H,8-12H2,1-2H3,(H2,18,19,20)/t15-,16-/m1/s1. The summed E-state index contributed by atoms with van der Waals surface area (Å²) in [6.07, 6.45) is 1.90. The minimum absolute atomic E-state index is 0.0597. The highest BCUT2D eigenvalue weighted by Gasteiger charge is 2.24. The van der Waals surface area contributed by atoms with Crippen LogP contribution in [0.3, 0.4) is 0 Å². The molecule has 1 fully saturated rings. The maximum Gasteiger partial charge on any atom is 0.315 e. The van der Waals surface area contributed by atoms with Crippen molar-refractivity contribution in [3.05, 3.63) is 35.9 Å². The Morgan fingerprint density at radius 1 is 1.36 bits per heavy atom. The predicted octanol–water partition coefficient (Wildman–Crippen LogP) is 2.63. The molecule has 0 unspecified atom stereocenters. The van der Waals surface area contributed by atoms with Crippen LogP contribution in [0.4, 0.5) is 4.79 Å². The molecule has 2 N–H and O–H groups in total. The van der Waals surface area contributed by atoms with E-state index in [4.69, 9.17) is 9.47 Å². The highest BCUT2D eigenvalue weighted by Crippen LogP contribution is 2.27. The molecule has 0 spiro atoms. The van der Waals surface area contributed by atoms with Crippen molar-refractivity contribution in [2.24, 2.45) is 0 Å². The molecule has 5 nitrogen and oxygen atoms in total. The molecule has 0 aromatic heterocycles. The van der Waals surface area contributed by atoms with Crippen molar-refractivity contribution in [1.29, 1.82) is 0 Å². The number of carbonyl (C=O) groups excluding carboxylic acids is 1. The molecule has 1 aliphatic heterocycles. The van der Waals surface area contributed by atoms with Crippen LogP contribution in [0, 0.1) is 0 Å². The fraction of sp³-hybridized carbons (Fsp3) is 0.588. The number of urea groups is 1. The molecule has 0 radical (unpaired) electrons. The van der Waals surface area contributed by atoms with E-state index in [1.807, 2.05) is 32.0 Å². The summed E-state index contributed by atoms with van der Waals surface area (Å²) in [7, 11) is 0. The Morgan fingerprint density at radius 2 is 2.14 bits per heavy atom. The van der Waals surface area contributed by atoms with Gasteiger partial charge in [0.2, 0.25) is 0 Å². The van der Waals surface area contributed by atoms with Crippen molar-refractivity contribution in [3.63, 3.8) is 0 Å². The summed E-state index contributed by atoms with van der Waals surface area (Å²) in [6, 6.07) is 10.2. The highest BCUT2D eigenvalue weighted by molar-refractivity contribution is 5.74. The van der Waals surface area contributed by atoms with Crippen molar-refractivity contribution < 1.29 is 14.3 Å². The van der Waals surface area contributed by atoms with Gasteiger partial charge in [0.1, 0.15) is 0 Å². The molecule has 1 heterocycles. The fourth-order valence-electron chi connectivity index (χ4n) is 2.52. The lowest BCUT2D eigenvalue weighted by Crippen LogP contribution is -2.45. The second-order valence-corrected chi connectivity index (χ2v) is 5.81. The number of carbonyl (C=O) groups is 1. The monoisotopic (exact) mass is 306 g/mol. The van der Waals surface area contributed by atoms with E-state index in [9.17, 15) is 4.79 Å². The van der Waals surface area contributed by atoms with E-state index < -0.39 is 0 Å². The number of benzene rings is 1. The van der Waals surface area contributed by atoms with E-state index in [-0.39, 0.29) is 24.3 Å². The van der Waals surface area contributed by atoms with Crippen LogP contribution in [0.15, 0.2) is 30.3 Å². The molecule has 0 saturated carbocycles. The van der Waals surface area contributed by atoms with Crippen LogP contribution in [-0.2, 0) is 9.47 Å². The predicted molar refractivity (Wildman–Crippen MR) is 85.8 cm³/mol. The number of ether oxygens (including phenoxy) is 2. The molecule has 1 saturated heterocycles. The van der Waals surface area contributed by atoms with Crippen LogP contribution >= 0.6 is 0 Å². The first kappa shape index (κ1) is 16.8. The van der Waals surface area contributed by atoms with Crippen molar-refractivity contribution in [2.45, 2.75) is 44.9 Å². The second-order valence-electron chi connectivity index (χ2n) is 5.81. The molecule has 0 aliphatic carbocycles. The van der Waals surface area contributed by atoms with Gasteiger partial charge < -0.3 is 20.1 Å². The van der Waals surface area contributed by atoms with Gasteiger partial charge in [0.05, 0.1) is 18.8 Å². The summed E-state index contributed by atoms with van der Waals surface area (Å²) in [5, 5.41) is 5.85. The summed E-state index contributed by atoms with van der Waals surface area (Å²) >= 11 is 0. The third kappa shape index (κ3) is 5.66. The number of nitrogens with one attached hydrogen (secondary N) is 2. The third-order valence-electron chi connectivity index (χ3n) is 3.63. The zero-order chi connectivity index (χ0) is 15.8. The Bertz CT molecular complexity index is 450. The van der Waals surface area contributed by atoms with E-state index in [2.05, 4.69) is 22.8 Å². The van der Waals surface area contributed by atoms with Crippen LogP contribution < -0.4 is 10.6 Å². The Balaban J connectivity index is 1.72. The molecule has 0 bridgehead atoms. The lowest BCUT2D eigenvalue weighted by atomic mass is 9.97. The molecule has 2 atom stereocenters. The van der Waals surface area contributed by atoms with Gasteiger partial charge >= 0.3 is 6.03 Å². The van der Waals surface area contributed by atoms with Crippen molar-refractivity contribution in [2.75, 3.05) is 19.8 Å². The number of hydrogen-bond acceptors (Lipinski definition) is 3. The molecule has 122 valence electrons. The molecule has 2 amide bonds. The van der Waals surface area contributed by atoms with Crippen molar-refractivity contribution in [1.82, 2.24) is 10.6 Å². The maximum absolute atomic E-state index is 11.9. The second kappa shape index (κ2) is 8.76. The SMILES string of the molecule is CC(C)OCCNC(=O)N[C@@H]1CCO[C@@H](c2ccccc2)C1. The van der Waals surface area contributed by atoms with Gasteiger partial charge in [0, 0.05) is 19.2 Å². The smallest absolute Gasteiger partial charge is 0.315 e. The normalized spacial score (nSPS) is 21.6. The first-order valence-corrected chi connectivity index (χ1v) is 7.97. The van der Waals surface area contributed by atoms with Crippen molar-refractivity contribution in [3.8, 4) is 0 Å². The zero-order valence-electron chi connectivity index (χ0n) is 13.4. The topological polar surface area (TPSA) is 59.6 Å². The van der Waals surface area contributed by atoms with E-state index in [0.29, 0.717) is 19.8 Å². The lowest BCUT2D eigenvalue weighted by molar-refractivity contribution is 0.00218. The Kier molecular flexibility index (Phi) is 6.68. The first-order chi connectivity index (χ1) is 10.6. The highest BCUT2D eigenvalue weighted by atomic mass is 16.5. The summed E-state index contributed by atoms with van der Waals surface area (Å²) in [4.78, 5) is 11.9. The Labute approximate surface area is 132 Å². The summed E-state index contributed by atoms with van der Waals surface area (Å²) in [6.45, 7) is 5.68. The van der Waals surface area contributed by atoms with Crippen LogP contribution in [0.25, 0.3) is 0 Å². The van der Waals surface area contributed by atoms with Gasteiger partial charge in [-0.15, -0.1) is 0 Å². The number of rotatable bonds is 6. The average molecular weight is 306 g/mol. The van der Waals surface area contributed by atoms with Crippen LogP contribution in [0.5, 0.6) is 0 Å². The van der Waals surface area contributed by atoms with Gasteiger partial charge in [-0.2, -0.15) is 0 Å². The lowest BCUT2D eigenvalue weighted by Gasteiger charge is -2.30. The van der Waals surface area contributed by atoms with E-state index in [0.717, 1.165) is 12.8 Å². The minimum Gasteiger partial charge on any atom is -0.377 e. The minimum atomic E-state index is -0.133. The molecular weight excluding hydrogens is 280 g/mol. The van der Waals surface area contributed by atoms with Gasteiger partial charge in [0.25, 0.3) is 0 Å². The Morgan fingerprint density at radius 3 is 2.86 bits per heavy atom. The van der Waals surface area contributed by atoms with Crippen molar-refractivity contribution >= 4 is 6.03 Å². The van der Waals surface area contributed by atoms with E-state index in [1.165, 1.54) is 5.56 Å². The number of hydrogen-bond donors (Lipinski definition) is 2. The van der Waals surface area contributed by atoms with E-state index >= 15 is 0 Å². The summed E-state index contributed by atoms with van der Waals surface area (Å²) < 4.78 is 11.2. The number of amides is 2. The quantitative estimate of drug-likeness (QED) is 0.794. The van der Waals surface area contributed by atoms with Gasteiger partial charge in [-0.3, -0.25) is 0 Å². The van der Waals surface area contributed by atoms with E-state index in [1.54, 1.807) is 0 Å². The van der Waals surface area contributed by atoms with Crippen LogP contribution in [-0.4, -0.2) is 37.9 Å². The fourth-order valence-corrected chi connectivity index (χ4v) is 2.52. The molecular formula is C17H26N2O3. The third-order valence-corrected chi connectivity index (χ3v) is 3.63. The first-order valence-electron chi connectivity index (χ1n) is 7.97. The summed E-state index contributed by atoms with van der Waals surface area (Å²) in [5.74, 6) is 0. The van der Waals surface area contributed by atoms with Gasteiger partial charge in [-0.25, -0.2) is 4.79 Å². The molecule has 1 aromatic carbocycles. The molecule has 1 aliphatic rings. The van der Waals surface area contributed by atoms with Gasteiger partial charge in [-0.1, -0.05) is 30.3 Å². The van der Waals surface area contributed by atoms with Gasteiger partial charge in [-0.05, 0) is 32.3 Å². The largest absolute Gasteiger partial charge is 0.377 e. The molecule has 22 heavy (non-hydrogen) atoms. The molecule has 2 rings (SSSR count). The molecule has 1 aromatic rings. The van der Waals surface area contributed by atoms with Crippen LogP contribution in [0.1, 0.15) is 38.4 Å². The molecule has 5 heteroatoms. The zero-order valence-corrected chi connectivity index (χ0v) is 13.4. The maximum atomic E-state index is 11.9. The summed E-state index contributed by atoms with van der Waals surface area (Å²) in [5.41, 5.74) is 1.17. The Hall–Kier alpha value is -1.59. The van der Waals surface area contributed by atoms with Gasteiger partial charge in [0.15, 0.2) is 0 Å².